The van der Waals surface area contributed by atoms with E-state index in [9.17, 15) is 14.0 Å². The number of halogens is 1. The number of hydrogen-bond donors (Lipinski definition) is 3. The van der Waals surface area contributed by atoms with Gasteiger partial charge in [0.1, 0.15) is 11.6 Å². The predicted molar refractivity (Wildman–Crippen MR) is 74.4 cm³/mol. The minimum atomic E-state index is -0.880. The highest BCUT2D eigenvalue weighted by Crippen LogP contribution is 2.30. The van der Waals surface area contributed by atoms with E-state index in [2.05, 4.69) is 0 Å². The van der Waals surface area contributed by atoms with Crippen LogP contribution in [-0.2, 0) is 0 Å². The van der Waals surface area contributed by atoms with Crippen molar-refractivity contribution in [3.8, 4) is 11.5 Å². The van der Waals surface area contributed by atoms with Gasteiger partial charge in [0, 0.05) is 6.07 Å². The van der Waals surface area contributed by atoms with Crippen LogP contribution in [-0.4, -0.2) is 11.8 Å². The molecule has 2 aromatic carbocycles. The first-order valence-electron chi connectivity index (χ1n) is 5.85. The first-order valence-corrected chi connectivity index (χ1v) is 5.85. The van der Waals surface area contributed by atoms with E-state index in [1.54, 1.807) is 0 Å². The number of nitrogen functional groups attached to an aromatic ring is 1. The van der Waals surface area contributed by atoms with E-state index in [-0.39, 0.29) is 28.3 Å². The largest absolute Gasteiger partial charge is 0.455 e. The van der Waals surface area contributed by atoms with Crippen LogP contribution >= 0.6 is 0 Å². The molecule has 7 heteroatoms. The maximum Gasteiger partial charge on any atom is 0.251 e. The van der Waals surface area contributed by atoms with Gasteiger partial charge in [-0.25, -0.2) is 4.39 Å². The summed E-state index contributed by atoms with van der Waals surface area (Å²) in [6.45, 7) is 0. The molecule has 0 aromatic heterocycles. The summed E-state index contributed by atoms with van der Waals surface area (Å²) in [6, 6.07) is 8.03. The van der Waals surface area contributed by atoms with Gasteiger partial charge >= 0.3 is 0 Å². The number of rotatable bonds is 4. The average Bonchev–Trinajstić information content (AvgIpc) is 2.40. The normalized spacial score (nSPS) is 10.1. The molecule has 21 heavy (non-hydrogen) atoms. The lowest BCUT2D eigenvalue weighted by atomic mass is 10.1. The van der Waals surface area contributed by atoms with Crippen LogP contribution in [0, 0.1) is 5.82 Å². The van der Waals surface area contributed by atoms with Gasteiger partial charge in [0.2, 0.25) is 0 Å². The Morgan fingerprint density at radius 2 is 1.67 bits per heavy atom. The molecule has 0 atom stereocenters. The molecule has 108 valence electrons. The number of amides is 2. The Morgan fingerprint density at radius 3 is 2.24 bits per heavy atom. The third-order valence-electron chi connectivity index (χ3n) is 2.77. The van der Waals surface area contributed by atoms with Crippen LogP contribution in [0.3, 0.4) is 0 Å². The summed E-state index contributed by atoms with van der Waals surface area (Å²) in [4.78, 5) is 22.1. The van der Waals surface area contributed by atoms with Gasteiger partial charge in [-0.1, -0.05) is 6.07 Å². The highest BCUT2D eigenvalue weighted by Gasteiger charge is 2.13. The first kappa shape index (κ1) is 14.3. The monoisotopic (exact) mass is 289 g/mol. The van der Waals surface area contributed by atoms with Gasteiger partial charge in [-0.2, -0.15) is 0 Å². The van der Waals surface area contributed by atoms with Crippen LogP contribution in [0.4, 0.5) is 10.1 Å². The third-order valence-corrected chi connectivity index (χ3v) is 2.77. The van der Waals surface area contributed by atoms with Gasteiger partial charge in [-0.15, -0.1) is 0 Å². The van der Waals surface area contributed by atoms with Gasteiger partial charge in [-0.3, -0.25) is 9.59 Å². The molecular formula is C14H12FN3O3. The number of anilines is 1. The fraction of sp³-hybridized carbons (Fsp3) is 0. The van der Waals surface area contributed by atoms with Crippen molar-refractivity contribution in [1.29, 1.82) is 0 Å². The second-order valence-electron chi connectivity index (χ2n) is 4.19. The number of benzene rings is 2. The predicted octanol–water partition coefficient (Wildman–Crippen LogP) is 1.40. The van der Waals surface area contributed by atoms with Crippen molar-refractivity contribution < 1.29 is 18.7 Å². The van der Waals surface area contributed by atoms with E-state index in [4.69, 9.17) is 21.9 Å². The minimum absolute atomic E-state index is 0.0457. The molecule has 0 fully saturated rings. The highest BCUT2D eigenvalue weighted by molar-refractivity contribution is 5.99. The third kappa shape index (κ3) is 2.92. The molecule has 0 aliphatic rings. The smallest absolute Gasteiger partial charge is 0.251 e. The maximum atomic E-state index is 13.6. The van der Waals surface area contributed by atoms with Crippen LogP contribution < -0.4 is 21.9 Å². The molecule has 0 bridgehead atoms. The van der Waals surface area contributed by atoms with Gasteiger partial charge in [0.15, 0.2) is 5.75 Å². The van der Waals surface area contributed by atoms with Gasteiger partial charge < -0.3 is 21.9 Å². The Kier molecular flexibility index (Phi) is 3.75. The van der Waals surface area contributed by atoms with E-state index in [0.717, 1.165) is 6.07 Å². The number of para-hydroxylation sites is 1. The Hall–Kier alpha value is -3.09. The summed E-state index contributed by atoms with van der Waals surface area (Å²) >= 11 is 0. The van der Waals surface area contributed by atoms with Gasteiger partial charge in [0.05, 0.1) is 16.8 Å². The van der Waals surface area contributed by atoms with E-state index < -0.39 is 17.6 Å². The fourth-order valence-corrected chi connectivity index (χ4v) is 1.73. The van der Waals surface area contributed by atoms with E-state index in [1.807, 2.05) is 0 Å². The molecule has 0 aliphatic heterocycles. The number of primary amides is 2. The molecule has 0 aliphatic carbocycles. The molecule has 2 aromatic rings. The second-order valence-corrected chi connectivity index (χ2v) is 4.19. The van der Waals surface area contributed by atoms with Crippen LogP contribution in [0.15, 0.2) is 36.4 Å². The zero-order valence-corrected chi connectivity index (χ0v) is 10.8. The Balaban J connectivity index is 2.35. The van der Waals surface area contributed by atoms with Crippen LogP contribution in [0.5, 0.6) is 11.5 Å². The van der Waals surface area contributed by atoms with Crippen molar-refractivity contribution in [2.75, 3.05) is 5.73 Å². The maximum absolute atomic E-state index is 13.6. The summed E-state index contributed by atoms with van der Waals surface area (Å²) in [6.07, 6.45) is 0. The quantitative estimate of drug-likeness (QED) is 0.736. The van der Waals surface area contributed by atoms with Crippen molar-refractivity contribution in [1.82, 2.24) is 0 Å². The topological polar surface area (TPSA) is 121 Å². The molecular weight excluding hydrogens is 277 g/mol. The van der Waals surface area contributed by atoms with Crippen LogP contribution in [0.25, 0.3) is 0 Å². The summed E-state index contributed by atoms with van der Waals surface area (Å²) in [5.74, 6) is -2.14. The summed E-state index contributed by atoms with van der Waals surface area (Å²) in [5, 5.41) is 0. The Bertz CT molecular complexity index is 731. The first-order chi connectivity index (χ1) is 9.90. The molecule has 0 saturated carbocycles. The molecule has 0 radical (unpaired) electrons. The summed E-state index contributed by atoms with van der Waals surface area (Å²) in [5.41, 5.74) is 15.8. The molecule has 0 heterocycles. The number of ether oxygens (including phenoxy) is 1. The molecule has 6 N–H and O–H groups in total. The average molecular weight is 289 g/mol. The zero-order valence-electron chi connectivity index (χ0n) is 10.8. The van der Waals surface area contributed by atoms with E-state index in [0.29, 0.717) is 0 Å². The molecule has 0 spiro atoms. The van der Waals surface area contributed by atoms with Crippen molar-refractivity contribution in [2.24, 2.45) is 11.5 Å². The zero-order chi connectivity index (χ0) is 15.6. The lowest BCUT2D eigenvalue weighted by Crippen LogP contribution is -2.14. The van der Waals surface area contributed by atoms with Crippen molar-refractivity contribution in [3.63, 3.8) is 0 Å². The van der Waals surface area contributed by atoms with Crippen LogP contribution in [0.1, 0.15) is 20.7 Å². The van der Waals surface area contributed by atoms with Crippen LogP contribution in [0.2, 0.25) is 0 Å². The second kappa shape index (κ2) is 5.49. The van der Waals surface area contributed by atoms with Gasteiger partial charge in [0.25, 0.3) is 11.8 Å². The van der Waals surface area contributed by atoms with E-state index in [1.165, 1.54) is 30.3 Å². The number of carbonyl (C=O) groups excluding carboxylic acids is 2. The SMILES string of the molecule is NC(=O)c1ccc(Oc2cccc(C(N)=O)c2N)cc1F. The Labute approximate surface area is 119 Å². The minimum Gasteiger partial charge on any atom is -0.455 e. The fourth-order valence-electron chi connectivity index (χ4n) is 1.73. The summed E-state index contributed by atoms with van der Waals surface area (Å²) in [7, 11) is 0. The van der Waals surface area contributed by atoms with E-state index >= 15 is 0 Å². The highest BCUT2D eigenvalue weighted by atomic mass is 19.1. The molecule has 6 nitrogen and oxygen atoms in total. The molecule has 2 amide bonds. The number of hydrogen-bond acceptors (Lipinski definition) is 4. The molecule has 0 unspecified atom stereocenters. The van der Waals surface area contributed by atoms with Gasteiger partial charge in [-0.05, 0) is 24.3 Å². The molecule has 2 rings (SSSR count). The molecule has 0 saturated heterocycles. The number of nitrogens with two attached hydrogens (primary N) is 3. The van der Waals surface area contributed by atoms with Crippen molar-refractivity contribution >= 4 is 17.5 Å². The summed E-state index contributed by atoms with van der Waals surface area (Å²) < 4.78 is 19.0. The number of carbonyl (C=O) groups is 2. The lowest BCUT2D eigenvalue weighted by molar-refractivity contribution is 0.0989. The van der Waals surface area contributed by atoms with Crippen molar-refractivity contribution in [2.45, 2.75) is 0 Å². The standard InChI is InChI=1S/C14H12FN3O3/c15-10-6-7(4-5-8(10)13(17)19)21-11-3-1-2-9(12(11)16)14(18)20/h1-6H,16H2,(H2,17,19)(H2,18,20). The van der Waals surface area contributed by atoms with Crippen molar-refractivity contribution in [3.05, 3.63) is 53.3 Å². The lowest BCUT2D eigenvalue weighted by Gasteiger charge is -2.11. The Morgan fingerprint density at radius 1 is 1.00 bits per heavy atom.